The van der Waals surface area contributed by atoms with Crippen LogP contribution in [0.3, 0.4) is 0 Å². The van der Waals surface area contributed by atoms with Crippen molar-refractivity contribution in [3.05, 3.63) is 62.2 Å². The molecule has 0 saturated carbocycles. The number of ether oxygens (including phenoxy) is 1. The average Bonchev–Trinajstić information content (AvgIpc) is 2.57. The summed E-state index contributed by atoms with van der Waals surface area (Å²) in [6.45, 7) is 3.63. The molecular weight excluding hydrogens is 439 g/mol. The SMILES string of the molecule is Cc1ccc(NC(=O)COc2c(Cl)cc(Cl)c3ccc(C)nc23)c(Br)c1. The fourth-order valence-corrected chi connectivity index (χ4v) is 3.64. The summed E-state index contributed by atoms with van der Waals surface area (Å²) in [6, 6.07) is 11.0. The summed E-state index contributed by atoms with van der Waals surface area (Å²) in [5, 5.41) is 4.31. The molecule has 1 aromatic heterocycles. The van der Waals surface area contributed by atoms with Gasteiger partial charge in [0.05, 0.1) is 15.7 Å². The Labute approximate surface area is 169 Å². The summed E-state index contributed by atoms with van der Waals surface area (Å²) in [4.78, 5) is 16.7. The standard InChI is InChI=1S/C19H15BrCl2N2O2/c1-10-3-6-16(13(20)7-10)24-17(25)9-26-19-15(22)8-14(21)12-5-4-11(2)23-18(12)19/h3-8H,9H2,1-2H3,(H,24,25). The number of halogens is 3. The number of nitrogens with zero attached hydrogens (tertiary/aromatic N) is 1. The number of nitrogens with one attached hydrogen (secondary N) is 1. The van der Waals surface area contributed by atoms with Crippen molar-refractivity contribution in [2.45, 2.75) is 13.8 Å². The number of amides is 1. The molecule has 0 radical (unpaired) electrons. The average molecular weight is 454 g/mol. The Morgan fingerprint density at radius 1 is 1.15 bits per heavy atom. The molecule has 1 amide bonds. The maximum Gasteiger partial charge on any atom is 0.262 e. The van der Waals surface area contributed by atoms with E-state index in [9.17, 15) is 4.79 Å². The Hall–Kier alpha value is -1.82. The third-order valence-electron chi connectivity index (χ3n) is 3.72. The maximum atomic E-state index is 12.3. The molecule has 0 bridgehead atoms. The Balaban J connectivity index is 1.81. The van der Waals surface area contributed by atoms with Gasteiger partial charge in [-0.05, 0) is 65.7 Å². The fourth-order valence-electron chi connectivity index (χ4n) is 2.47. The highest BCUT2D eigenvalue weighted by molar-refractivity contribution is 9.10. The molecule has 2 aromatic carbocycles. The van der Waals surface area contributed by atoms with E-state index in [0.717, 1.165) is 21.1 Å². The van der Waals surface area contributed by atoms with E-state index in [-0.39, 0.29) is 12.5 Å². The number of hydrogen-bond donors (Lipinski definition) is 1. The van der Waals surface area contributed by atoms with Gasteiger partial charge in [-0.15, -0.1) is 0 Å². The third kappa shape index (κ3) is 4.11. The van der Waals surface area contributed by atoms with E-state index in [1.807, 2.05) is 44.2 Å². The second-order valence-electron chi connectivity index (χ2n) is 5.84. The minimum Gasteiger partial charge on any atom is -0.480 e. The van der Waals surface area contributed by atoms with Gasteiger partial charge in [-0.3, -0.25) is 4.79 Å². The molecule has 26 heavy (non-hydrogen) atoms. The Kier molecular flexibility index (Phi) is 5.70. The number of anilines is 1. The van der Waals surface area contributed by atoms with Crippen LogP contribution in [0.5, 0.6) is 5.75 Å². The number of carbonyl (C=O) groups excluding carboxylic acids is 1. The lowest BCUT2D eigenvalue weighted by molar-refractivity contribution is -0.118. The molecule has 0 unspecified atom stereocenters. The topological polar surface area (TPSA) is 51.2 Å². The molecular formula is C19H15BrCl2N2O2. The van der Waals surface area contributed by atoms with Crippen molar-refractivity contribution in [1.29, 1.82) is 0 Å². The van der Waals surface area contributed by atoms with Crippen LogP contribution in [-0.2, 0) is 4.79 Å². The van der Waals surface area contributed by atoms with Crippen LogP contribution >= 0.6 is 39.1 Å². The molecule has 0 spiro atoms. The molecule has 1 N–H and O–H groups in total. The van der Waals surface area contributed by atoms with Crippen LogP contribution in [0, 0.1) is 13.8 Å². The minimum atomic E-state index is -0.304. The first kappa shape index (κ1) is 19.0. The van der Waals surface area contributed by atoms with Gasteiger partial charge in [0.25, 0.3) is 5.91 Å². The largest absolute Gasteiger partial charge is 0.480 e. The molecule has 0 fully saturated rings. The minimum absolute atomic E-state index is 0.202. The molecule has 0 atom stereocenters. The second kappa shape index (κ2) is 7.82. The van der Waals surface area contributed by atoms with Crippen LogP contribution in [0.1, 0.15) is 11.3 Å². The van der Waals surface area contributed by atoms with Crippen LogP contribution in [0.4, 0.5) is 5.69 Å². The Bertz CT molecular complexity index is 1010. The van der Waals surface area contributed by atoms with Crippen molar-refractivity contribution >= 4 is 61.6 Å². The van der Waals surface area contributed by atoms with Crippen molar-refractivity contribution in [3.63, 3.8) is 0 Å². The van der Waals surface area contributed by atoms with Gasteiger partial charge < -0.3 is 10.1 Å². The molecule has 0 aliphatic heterocycles. The van der Waals surface area contributed by atoms with E-state index in [1.54, 1.807) is 6.07 Å². The summed E-state index contributed by atoms with van der Waals surface area (Å²) in [6.07, 6.45) is 0. The van der Waals surface area contributed by atoms with Gasteiger partial charge in [-0.1, -0.05) is 29.3 Å². The zero-order valence-electron chi connectivity index (χ0n) is 14.1. The summed E-state index contributed by atoms with van der Waals surface area (Å²) in [5.41, 5.74) is 3.10. The van der Waals surface area contributed by atoms with Crippen molar-refractivity contribution in [2.75, 3.05) is 11.9 Å². The molecule has 0 aliphatic carbocycles. The van der Waals surface area contributed by atoms with Crippen LogP contribution in [0.2, 0.25) is 10.0 Å². The van der Waals surface area contributed by atoms with Gasteiger partial charge in [0.1, 0.15) is 5.52 Å². The lowest BCUT2D eigenvalue weighted by atomic mass is 10.2. The number of aromatic nitrogens is 1. The number of hydrogen-bond acceptors (Lipinski definition) is 3. The van der Waals surface area contributed by atoms with Crippen molar-refractivity contribution in [2.24, 2.45) is 0 Å². The van der Waals surface area contributed by atoms with Crippen molar-refractivity contribution in [1.82, 2.24) is 4.98 Å². The molecule has 3 rings (SSSR count). The number of pyridine rings is 1. The zero-order valence-corrected chi connectivity index (χ0v) is 17.2. The molecule has 0 saturated heterocycles. The number of fused-ring (bicyclic) bond motifs is 1. The normalized spacial score (nSPS) is 10.8. The number of aryl methyl sites for hydroxylation is 2. The number of carbonyl (C=O) groups is 1. The molecule has 134 valence electrons. The lowest BCUT2D eigenvalue weighted by Gasteiger charge is -2.13. The van der Waals surface area contributed by atoms with Gasteiger partial charge in [-0.2, -0.15) is 0 Å². The summed E-state index contributed by atoms with van der Waals surface area (Å²) in [5.74, 6) is 0.0364. The van der Waals surface area contributed by atoms with Crippen LogP contribution in [0.25, 0.3) is 10.9 Å². The predicted molar refractivity (Wildman–Crippen MR) is 110 cm³/mol. The number of rotatable bonds is 4. The van der Waals surface area contributed by atoms with Gasteiger partial charge in [0.15, 0.2) is 12.4 Å². The molecule has 4 nitrogen and oxygen atoms in total. The van der Waals surface area contributed by atoms with Crippen molar-refractivity contribution < 1.29 is 9.53 Å². The second-order valence-corrected chi connectivity index (χ2v) is 7.51. The first-order valence-electron chi connectivity index (χ1n) is 7.79. The zero-order chi connectivity index (χ0) is 18.8. The van der Waals surface area contributed by atoms with E-state index >= 15 is 0 Å². The van der Waals surface area contributed by atoms with Gasteiger partial charge in [0.2, 0.25) is 0 Å². The third-order valence-corrected chi connectivity index (χ3v) is 4.97. The molecule has 0 aliphatic rings. The molecule has 1 heterocycles. The van der Waals surface area contributed by atoms with E-state index in [1.165, 1.54) is 0 Å². The highest BCUT2D eigenvalue weighted by atomic mass is 79.9. The molecule has 3 aromatic rings. The van der Waals surface area contributed by atoms with Gasteiger partial charge in [0, 0.05) is 15.6 Å². The summed E-state index contributed by atoms with van der Waals surface area (Å²) in [7, 11) is 0. The maximum absolute atomic E-state index is 12.3. The quantitative estimate of drug-likeness (QED) is 0.531. The van der Waals surface area contributed by atoms with Crippen LogP contribution in [-0.4, -0.2) is 17.5 Å². The Morgan fingerprint density at radius 2 is 1.92 bits per heavy atom. The number of benzene rings is 2. The Morgan fingerprint density at radius 3 is 2.65 bits per heavy atom. The molecule has 7 heteroatoms. The predicted octanol–water partition coefficient (Wildman–Crippen LogP) is 5.94. The van der Waals surface area contributed by atoms with E-state index < -0.39 is 0 Å². The fraction of sp³-hybridized carbons (Fsp3) is 0.158. The van der Waals surface area contributed by atoms with E-state index in [0.29, 0.717) is 27.0 Å². The highest BCUT2D eigenvalue weighted by Crippen LogP contribution is 2.37. The first-order chi connectivity index (χ1) is 12.3. The summed E-state index contributed by atoms with van der Waals surface area (Å²) < 4.78 is 6.48. The monoisotopic (exact) mass is 452 g/mol. The van der Waals surface area contributed by atoms with Gasteiger partial charge >= 0.3 is 0 Å². The van der Waals surface area contributed by atoms with Gasteiger partial charge in [-0.25, -0.2) is 4.98 Å². The highest BCUT2D eigenvalue weighted by Gasteiger charge is 2.15. The van der Waals surface area contributed by atoms with E-state index in [2.05, 4.69) is 26.2 Å². The van der Waals surface area contributed by atoms with Crippen LogP contribution in [0.15, 0.2) is 40.9 Å². The lowest BCUT2D eigenvalue weighted by Crippen LogP contribution is -2.20. The smallest absolute Gasteiger partial charge is 0.262 e. The van der Waals surface area contributed by atoms with Crippen molar-refractivity contribution in [3.8, 4) is 5.75 Å². The first-order valence-corrected chi connectivity index (χ1v) is 9.34. The van der Waals surface area contributed by atoms with E-state index in [4.69, 9.17) is 27.9 Å². The summed E-state index contributed by atoms with van der Waals surface area (Å²) >= 11 is 15.9. The van der Waals surface area contributed by atoms with Crippen LogP contribution < -0.4 is 10.1 Å².